The molecule has 17 heavy (non-hydrogen) atoms. The van der Waals surface area contributed by atoms with Gasteiger partial charge in [0, 0.05) is 0 Å². The van der Waals surface area contributed by atoms with E-state index in [1.54, 1.807) is 13.1 Å². The molecule has 2 aromatic rings. The third kappa shape index (κ3) is 2.41. The number of esters is 1. The molecule has 0 fully saturated rings. The molecule has 90 valence electrons. The van der Waals surface area contributed by atoms with Crippen LogP contribution in [-0.4, -0.2) is 39.3 Å². The van der Waals surface area contributed by atoms with Crippen LogP contribution < -0.4 is 11.1 Å². The monoisotopic (exact) mass is 236 g/mol. The van der Waals surface area contributed by atoms with Crippen molar-refractivity contribution in [3.8, 4) is 0 Å². The van der Waals surface area contributed by atoms with Crippen molar-refractivity contribution >= 4 is 28.8 Å². The average molecular weight is 236 g/mol. The molecule has 0 unspecified atom stereocenters. The van der Waals surface area contributed by atoms with Gasteiger partial charge in [0.15, 0.2) is 5.65 Å². The Kier molecular flexibility index (Phi) is 3.03. The minimum atomic E-state index is -0.360. The van der Waals surface area contributed by atoms with Crippen molar-refractivity contribution in [2.75, 3.05) is 24.2 Å². The fraction of sp³-hybridized carbons (Fsp3) is 0.333. The maximum Gasteiger partial charge on any atom is 0.325 e. The molecule has 0 aliphatic carbocycles. The minimum absolute atomic E-state index is 0.0184. The number of rotatable bonds is 4. The molecule has 8 heteroatoms. The van der Waals surface area contributed by atoms with E-state index in [0.29, 0.717) is 23.5 Å². The largest absolute Gasteiger partial charge is 0.465 e. The summed E-state index contributed by atoms with van der Waals surface area (Å²) < 4.78 is 4.79. The van der Waals surface area contributed by atoms with Gasteiger partial charge >= 0.3 is 5.97 Å². The van der Waals surface area contributed by atoms with Crippen molar-refractivity contribution in [1.82, 2.24) is 20.2 Å². The van der Waals surface area contributed by atoms with Crippen LogP contribution in [0.4, 0.5) is 11.8 Å². The number of aromatic amines is 1. The normalized spacial score (nSPS) is 10.4. The lowest BCUT2D eigenvalue weighted by Gasteiger charge is -2.06. The highest BCUT2D eigenvalue weighted by molar-refractivity contribution is 5.88. The van der Waals surface area contributed by atoms with E-state index in [0.717, 1.165) is 0 Å². The first-order valence-corrected chi connectivity index (χ1v) is 5.06. The van der Waals surface area contributed by atoms with Crippen LogP contribution in [0.1, 0.15) is 6.92 Å². The Morgan fingerprint density at radius 1 is 1.59 bits per heavy atom. The van der Waals surface area contributed by atoms with Crippen LogP contribution in [0.25, 0.3) is 11.0 Å². The van der Waals surface area contributed by atoms with E-state index in [2.05, 4.69) is 25.5 Å². The van der Waals surface area contributed by atoms with Gasteiger partial charge in [0.2, 0.25) is 5.95 Å². The van der Waals surface area contributed by atoms with Crippen LogP contribution in [0.5, 0.6) is 0 Å². The van der Waals surface area contributed by atoms with E-state index >= 15 is 0 Å². The van der Waals surface area contributed by atoms with Gasteiger partial charge in [0.25, 0.3) is 0 Å². The number of nitrogens with one attached hydrogen (secondary N) is 2. The SMILES string of the molecule is CCOC(=O)CNc1nc(N)nc2[nH]ncc12. The Morgan fingerprint density at radius 2 is 2.41 bits per heavy atom. The van der Waals surface area contributed by atoms with E-state index in [4.69, 9.17) is 10.5 Å². The summed E-state index contributed by atoms with van der Waals surface area (Å²) in [5.41, 5.74) is 6.04. The average Bonchev–Trinajstić information content (AvgIpc) is 2.74. The number of anilines is 2. The molecule has 4 N–H and O–H groups in total. The molecule has 0 aliphatic heterocycles. The lowest BCUT2D eigenvalue weighted by atomic mass is 10.4. The van der Waals surface area contributed by atoms with E-state index in [1.165, 1.54) is 0 Å². The molecule has 0 amide bonds. The smallest absolute Gasteiger partial charge is 0.325 e. The zero-order valence-electron chi connectivity index (χ0n) is 9.23. The number of H-pyrrole nitrogens is 1. The second-order valence-corrected chi connectivity index (χ2v) is 3.22. The molecule has 2 heterocycles. The van der Waals surface area contributed by atoms with Crippen molar-refractivity contribution in [3.63, 3.8) is 0 Å². The Balaban J connectivity index is 2.17. The molecule has 0 aromatic carbocycles. The Labute approximate surface area is 96.6 Å². The minimum Gasteiger partial charge on any atom is -0.465 e. The summed E-state index contributed by atoms with van der Waals surface area (Å²) in [6.07, 6.45) is 1.56. The number of aromatic nitrogens is 4. The maximum absolute atomic E-state index is 11.2. The highest BCUT2D eigenvalue weighted by Gasteiger charge is 2.09. The van der Waals surface area contributed by atoms with Crippen LogP contribution in [0.15, 0.2) is 6.20 Å². The summed E-state index contributed by atoms with van der Waals surface area (Å²) in [5, 5.41) is 10.0. The predicted octanol–water partition coefficient (Wildman–Crippen LogP) is -0.0899. The summed E-state index contributed by atoms with van der Waals surface area (Å²) in [4.78, 5) is 19.1. The van der Waals surface area contributed by atoms with Crippen molar-refractivity contribution in [3.05, 3.63) is 6.20 Å². The zero-order valence-corrected chi connectivity index (χ0v) is 9.23. The number of hydrogen-bond donors (Lipinski definition) is 3. The second-order valence-electron chi connectivity index (χ2n) is 3.22. The summed E-state index contributed by atoms with van der Waals surface area (Å²) >= 11 is 0. The summed E-state index contributed by atoms with van der Waals surface area (Å²) in [6.45, 7) is 2.10. The lowest BCUT2D eigenvalue weighted by molar-refractivity contribution is -0.140. The van der Waals surface area contributed by atoms with Gasteiger partial charge < -0.3 is 15.8 Å². The predicted molar refractivity (Wildman–Crippen MR) is 61.2 cm³/mol. The molecule has 0 saturated heterocycles. The number of fused-ring (bicyclic) bond motifs is 1. The topological polar surface area (TPSA) is 119 Å². The molecule has 8 nitrogen and oxygen atoms in total. The highest BCUT2D eigenvalue weighted by Crippen LogP contribution is 2.18. The van der Waals surface area contributed by atoms with E-state index in [9.17, 15) is 4.79 Å². The molecule has 2 rings (SSSR count). The summed E-state index contributed by atoms with van der Waals surface area (Å²) in [7, 11) is 0. The van der Waals surface area contributed by atoms with E-state index in [1.807, 2.05) is 0 Å². The fourth-order valence-corrected chi connectivity index (χ4v) is 1.35. The third-order valence-electron chi connectivity index (χ3n) is 2.03. The number of ether oxygens (including phenoxy) is 1. The molecule has 0 saturated carbocycles. The van der Waals surface area contributed by atoms with Gasteiger partial charge in [-0.3, -0.25) is 9.89 Å². The Hall–Kier alpha value is -2.38. The molecule has 0 aliphatic rings. The van der Waals surface area contributed by atoms with Gasteiger partial charge in [0.1, 0.15) is 12.4 Å². The zero-order chi connectivity index (χ0) is 12.3. The number of carbonyl (C=O) groups excluding carboxylic acids is 1. The number of nitrogens with zero attached hydrogens (tertiary/aromatic N) is 3. The molecular weight excluding hydrogens is 224 g/mol. The number of nitrogen functional groups attached to an aromatic ring is 1. The van der Waals surface area contributed by atoms with E-state index in [-0.39, 0.29) is 18.5 Å². The standard InChI is InChI=1S/C9H12N6O2/c1-2-17-6(16)4-11-7-5-3-12-15-8(5)14-9(10)13-7/h3H,2,4H2,1H3,(H4,10,11,12,13,14,15). The summed E-state index contributed by atoms with van der Waals surface area (Å²) in [6, 6.07) is 0. The van der Waals surface area contributed by atoms with Gasteiger partial charge in [-0.2, -0.15) is 15.1 Å². The van der Waals surface area contributed by atoms with Crippen LogP contribution >= 0.6 is 0 Å². The number of nitrogens with two attached hydrogens (primary N) is 1. The molecule has 0 radical (unpaired) electrons. The van der Waals surface area contributed by atoms with E-state index < -0.39 is 0 Å². The Morgan fingerprint density at radius 3 is 3.18 bits per heavy atom. The van der Waals surface area contributed by atoms with Gasteiger partial charge in [-0.25, -0.2) is 0 Å². The number of carbonyl (C=O) groups is 1. The van der Waals surface area contributed by atoms with Crippen LogP contribution in [-0.2, 0) is 9.53 Å². The molecule has 0 bridgehead atoms. The molecule has 0 atom stereocenters. The van der Waals surface area contributed by atoms with Crippen LogP contribution in [0.2, 0.25) is 0 Å². The molecular formula is C9H12N6O2. The van der Waals surface area contributed by atoms with Crippen molar-refractivity contribution in [2.24, 2.45) is 0 Å². The van der Waals surface area contributed by atoms with Crippen LogP contribution in [0, 0.1) is 0 Å². The highest BCUT2D eigenvalue weighted by atomic mass is 16.5. The van der Waals surface area contributed by atoms with Gasteiger partial charge in [-0.05, 0) is 6.92 Å². The molecule has 0 spiro atoms. The lowest BCUT2D eigenvalue weighted by Crippen LogP contribution is -2.17. The van der Waals surface area contributed by atoms with Gasteiger partial charge in [-0.15, -0.1) is 0 Å². The maximum atomic E-state index is 11.2. The molecule has 2 aromatic heterocycles. The first kappa shape index (κ1) is 11.1. The van der Waals surface area contributed by atoms with Crippen LogP contribution in [0.3, 0.4) is 0 Å². The van der Waals surface area contributed by atoms with Crippen molar-refractivity contribution in [1.29, 1.82) is 0 Å². The van der Waals surface area contributed by atoms with Crippen molar-refractivity contribution in [2.45, 2.75) is 6.92 Å². The third-order valence-corrected chi connectivity index (χ3v) is 2.03. The van der Waals surface area contributed by atoms with Gasteiger partial charge in [0.05, 0.1) is 18.2 Å². The fourth-order valence-electron chi connectivity index (χ4n) is 1.35. The van der Waals surface area contributed by atoms with Gasteiger partial charge in [-0.1, -0.05) is 0 Å². The Bertz CT molecular complexity index is 537. The first-order chi connectivity index (χ1) is 8.20. The van der Waals surface area contributed by atoms with Crippen molar-refractivity contribution < 1.29 is 9.53 Å². The first-order valence-electron chi connectivity index (χ1n) is 5.06. The quantitative estimate of drug-likeness (QED) is 0.634. The summed E-state index contributed by atoms with van der Waals surface area (Å²) in [5.74, 6) is 0.198. The second kappa shape index (κ2) is 4.64. The number of hydrogen-bond acceptors (Lipinski definition) is 7.